The second kappa shape index (κ2) is 13.9. The molecule has 1 saturated heterocycles. The van der Waals surface area contributed by atoms with Gasteiger partial charge in [-0.1, -0.05) is 13.0 Å². The van der Waals surface area contributed by atoms with Gasteiger partial charge in [-0.3, -0.25) is 9.89 Å². The first-order chi connectivity index (χ1) is 13.6. The number of likely N-dealkylation sites (N-methyl/N-ethyl adjacent to an activating group) is 1. The van der Waals surface area contributed by atoms with E-state index in [-0.39, 0.29) is 24.0 Å². The molecule has 1 aromatic carbocycles. The standard InChI is InChI=1S/C21H37N5O2.HI/c1-6-25-11-13-26(14-12-25)17(2)16-24-21(22-3)23-10-9-18-7-8-19(27-4)20(15-18)28-5;/h7-8,15,17H,6,9-14,16H2,1-5H3,(H2,22,23,24);1H. The number of methoxy groups -OCH3 is 2. The molecule has 1 fully saturated rings. The second-order valence-electron chi connectivity index (χ2n) is 7.14. The van der Waals surface area contributed by atoms with Crippen LogP contribution in [-0.4, -0.2) is 88.9 Å². The van der Waals surface area contributed by atoms with Crippen LogP contribution in [0.25, 0.3) is 0 Å². The number of rotatable bonds is 9. The van der Waals surface area contributed by atoms with Crippen LogP contribution in [0.1, 0.15) is 19.4 Å². The van der Waals surface area contributed by atoms with E-state index in [0.29, 0.717) is 6.04 Å². The largest absolute Gasteiger partial charge is 0.493 e. The normalized spacial score (nSPS) is 16.7. The molecule has 0 aliphatic carbocycles. The third kappa shape index (κ3) is 8.18. The zero-order valence-electron chi connectivity index (χ0n) is 18.5. The lowest BCUT2D eigenvalue weighted by atomic mass is 10.1. The summed E-state index contributed by atoms with van der Waals surface area (Å²) in [4.78, 5) is 9.40. The molecular weight excluding hydrogens is 481 g/mol. The molecule has 1 aromatic rings. The number of piperazine rings is 1. The van der Waals surface area contributed by atoms with Crippen molar-refractivity contribution in [3.63, 3.8) is 0 Å². The Labute approximate surface area is 193 Å². The molecule has 2 rings (SSSR count). The maximum atomic E-state index is 5.37. The van der Waals surface area contributed by atoms with E-state index in [1.54, 1.807) is 14.2 Å². The van der Waals surface area contributed by atoms with Gasteiger partial charge in [0, 0.05) is 52.4 Å². The number of aliphatic imine (C=N–C) groups is 1. The summed E-state index contributed by atoms with van der Waals surface area (Å²) in [5.41, 5.74) is 1.20. The van der Waals surface area contributed by atoms with Gasteiger partial charge in [0.15, 0.2) is 17.5 Å². The Morgan fingerprint density at radius 3 is 2.38 bits per heavy atom. The summed E-state index contributed by atoms with van der Waals surface area (Å²) < 4.78 is 10.7. The quantitative estimate of drug-likeness (QED) is 0.296. The van der Waals surface area contributed by atoms with Gasteiger partial charge < -0.3 is 25.0 Å². The number of halogens is 1. The van der Waals surface area contributed by atoms with Crippen LogP contribution in [0, 0.1) is 0 Å². The maximum Gasteiger partial charge on any atom is 0.191 e. The molecule has 0 spiro atoms. The average Bonchev–Trinajstić information content (AvgIpc) is 2.75. The van der Waals surface area contributed by atoms with Crippen molar-refractivity contribution in [2.45, 2.75) is 26.3 Å². The van der Waals surface area contributed by atoms with Crippen molar-refractivity contribution in [1.29, 1.82) is 0 Å². The van der Waals surface area contributed by atoms with Crippen molar-refractivity contribution in [3.8, 4) is 11.5 Å². The molecule has 7 nitrogen and oxygen atoms in total. The molecule has 0 aromatic heterocycles. The molecule has 166 valence electrons. The lowest BCUT2D eigenvalue weighted by molar-refractivity contribution is 0.107. The second-order valence-corrected chi connectivity index (χ2v) is 7.14. The van der Waals surface area contributed by atoms with Crippen molar-refractivity contribution >= 4 is 29.9 Å². The molecule has 0 radical (unpaired) electrons. The Hall–Kier alpha value is -1.26. The number of hydrogen-bond acceptors (Lipinski definition) is 5. The van der Waals surface area contributed by atoms with Crippen molar-refractivity contribution < 1.29 is 9.47 Å². The molecule has 1 aliphatic rings. The highest BCUT2D eigenvalue weighted by atomic mass is 127. The van der Waals surface area contributed by atoms with Gasteiger partial charge >= 0.3 is 0 Å². The van der Waals surface area contributed by atoms with Crippen LogP contribution < -0.4 is 20.1 Å². The zero-order chi connectivity index (χ0) is 20.4. The van der Waals surface area contributed by atoms with Crippen LogP contribution >= 0.6 is 24.0 Å². The highest BCUT2D eigenvalue weighted by Gasteiger charge is 2.20. The predicted octanol–water partition coefficient (Wildman–Crippen LogP) is 2.06. The number of benzene rings is 1. The van der Waals surface area contributed by atoms with Gasteiger partial charge in [0.25, 0.3) is 0 Å². The van der Waals surface area contributed by atoms with Gasteiger partial charge in [-0.15, -0.1) is 24.0 Å². The Balaban J connectivity index is 0.00000420. The molecule has 1 atom stereocenters. The predicted molar refractivity (Wildman–Crippen MR) is 131 cm³/mol. The van der Waals surface area contributed by atoms with Gasteiger partial charge in [-0.25, -0.2) is 0 Å². The summed E-state index contributed by atoms with van der Waals surface area (Å²) in [5.74, 6) is 2.37. The zero-order valence-corrected chi connectivity index (χ0v) is 20.9. The molecule has 1 unspecified atom stereocenters. The first-order valence-electron chi connectivity index (χ1n) is 10.2. The smallest absolute Gasteiger partial charge is 0.191 e. The first-order valence-corrected chi connectivity index (χ1v) is 10.2. The number of nitrogens with zero attached hydrogens (tertiary/aromatic N) is 3. The lowest BCUT2D eigenvalue weighted by Gasteiger charge is -2.37. The summed E-state index contributed by atoms with van der Waals surface area (Å²) in [6, 6.07) is 6.52. The molecule has 8 heteroatoms. The molecule has 0 saturated carbocycles. The topological polar surface area (TPSA) is 61.4 Å². The summed E-state index contributed by atoms with van der Waals surface area (Å²) in [6.07, 6.45) is 0.885. The molecular formula is C21H38IN5O2. The van der Waals surface area contributed by atoms with E-state index >= 15 is 0 Å². The monoisotopic (exact) mass is 519 g/mol. The fourth-order valence-corrected chi connectivity index (χ4v) is 3.48. The van der Waals surface area contributed by atoms with E-state index in [4.69, 9.17) is 9.47 Å². The van der Waals surface area contributed by atoms with E-state index < -0.39 is 0 Å². The van der Waals surface area contributed by atoms with E-state index in [2.05, 4.69) is 45.3 Å². The van der Waals surface area contributed by atoms with Crippen LogP contribution in [0.4, 0.5) is 0 Å². The van der Waals surface area contributed by atoms with E-state index in [0.717, 1.165) is 56.6 Å². The highest BCUT2D eigenvalue weighted by molar-refractivity contribution is 14.0. The Kier molecular flexibility index (Phi) is 12.3. The lowest BCUT2D eigenvalue weighted by Crippen LogP contribution is -2.53. The number of guanidine groups is 1. The molecule has 1 heterocycles. The minimum atomic E-state index is 0. The summed E-state index contributed by atoms with van der Waals surface area (Å²) >= 11 is 0. The van der Waals surface area contributed by atoms with Crippen LogP contribution in [0.15, 0.2) is 23.2 Å². The van der Waals surface area contributed by atoms with Gasteiger partial charge in [0.05, 0.1) is 14.2 Å². The van der Waals surface area contributed by atoms with Crippen molar-refractivity contribution in [2.24, 2.45) is 4.99 Å². The van der Waals surface area contributed by atoms with Gasteiger partial charge in [0.1, 0.15) is 0 Å². The van der Waals surface area contributed by atoms with Crippen molar-refractivity contribution in [1.82, 2.24) is 20.4 Å². The maximum absolute atomic E-state index is 5.37. The first kappa shape index (κ1) is 25.8. The number of hydrogen-bond donors (Lipinski definition) is 2. The molecule has 1 aliphatic heterocycles. The minimum absolute atomic E-state index is 0. The molecule has 2 N–H and O–H groups in total. The molecule has 0 amide bonds. The van der Waals surface area contributed by atoms with Gasteiger partial charge in [-0.05, 0) is 37.6 Å². The number of ether oxygens (including phenoxy) is 2. The summed E-state index contributed by atoms with van der Waals surface area (Å²) in [6.45, 7) is 12.0. The molecule has 29 heavy (non-hydrogen) atoms. The van der Waals surface area contributed by atoms with Gasteiger partial charge in [0.2, 0.25) is 0 Å². The van der Waals surface area contributed by atoms with Crippen LogP contribution in [0.2, 0.25) is 0 Å². The van der Waals surface area contributed by atoms with Crippen LogP contribution in [0.3, 0.4) is 0 Å². The Morgan fingerprint density at radius 2 is 1.79 bits per heavy atom. The van der Waals surface area contributed by atoms with Crippen molar-refractivity contribution in [2.75, 3.05) is 67.1 Å². The fraction of sp³-hybridized carbons (Fsp3) is 0.667. The Morgan fingerprint density at radius 1 is 1.10 bits per heavy atom. The number of nitrogens with one attached hydrogen (secondary N) is 2. The van der Waals surface area contributed by atoms with E-state index in [1.165, 1.54) is 18.7 Å². The van der Waals surface area contributed by atoms with E-state index in [1.807, 2.05) is 19.2 Å². The third-order valence-electron chi connectivity index (χ3n) is 5.42. The average molecular weight is 519 g/mol. The summed E-state index contributed by atoms with van der Waals surface area (Å²) in [5, 5.41) is 6.86. The molecule has 0 bridgehead atoms. The van der Waals surface area contributed by atoms with Crippen LogP contribution in [0.5, 0.6) is 11.5 Å². The third-order valence-corrected chi connectivity index (χ3v) is 5.42. The SMILES string of the molecule is CCN1CCN(C(C)CNC(=NC)NCCc2ccc(OC)c(OC)c2)CC1.I. The Bertz CT molecular complexity index is 621. The highest BCUT2D eigenvalue weighted by Crippen LogP contribution is 2.27. The summed E-state index contributed by atoms with van der Waals surface area (Å²) in [7, 11) is 5.13. The van der Waals surface area contributed by atoms with Crippen LogP contribution in [-0.2, 0) is 6.42 Å². The van der Waals surface area contributed by atoms with Crippen molar-refractivity contribution in [3.05, 3.63) is 23.8 Å². The minimum Gasteiger partial charge on any atom is -0.493 e. The van der Waals surface area contributed by atoms with E-state index in [9.17, 15) is 0 Å². The van der Waals surface area contributed by atoms with Gasteiger partial charge in [-0.2, -0.15) is 0 Å². The fourth-order valence-electron chi connectivity index (χ4n) is 3.48.